The summed E-state index contributed by atoms with van der Waals surface area (Å²) >= 11 is 5.91. The quantitative estimate of drug-likeness (QED) is 0.566. The maximum Gasteiger partial charge on any atom is 0.297 e. The molecule has 0 fully saturated rings. The molecule has 0 aliphatic heterocycles. The summed E-state index contributed by atoms with van der Waals surface area (Å²) in [5, 5.41) is 1.45. The molecule has 0 amide bonds. The van der Waals surface area contributed by atoms with Crippen LogP contribution in [-0.4, -0.2) is 16.2 Å². The molecule has 0 aliphatic rings. The molecule has 2 aromatic heterocycles. The first-order valence-corrected chi connectivity index (χ1v) is 7.85. The van der Waals surface area contributed by atoms with Gasteiger partial charge in [0.15, 0.2) is 0 Å². The van der Waals surface area contributed by atoms with Crippen LogP contribution in [0.5, 0.6) is 5.75 Å². The van der Waals surface area contributed by atoms with Crippen molar-refractivity contribution in [1.29, 1.82) is 0 Å². The normalized spacial score (nSPS) is 11.2. The van der Waals surface area contributed by atoms with E-state index in [4.69, 9.17) is 20.8 Å². The molecule has 4 rings (SSSR count). The average Bonchev–Trinajstić information content (AvgIpc) is 2.97. The molecule has 0 saturated carbocycles. The fraction of sp³-hybridized carbons (Fsp3) is 0.111. The molecule has 0 spiro atoms. The van der Waals surface area contributed by atoms with Gasteiger partial charge in [-0.1, -0.05) is 29.8 Å². The van der Waals surface area contributed by atoms with Crippen LogP contribution in [0.15, 0.2) is 64.1 Å². The summed E-state index contributed by atoms with van der Waals surface area (Å²) < 4.78 is 12.7. The number of hydrogen-bond donors (Lipinski definition) is 0. The van der Waals surface area contributed by atoms with E-state index < -0.39 is 0 Å². The third-order valence-corrected chi connectivity index (χ3v) is 3.98. The summed E-state index contributed by atoms with van der Waals surface area (Å²) in [5.41, 5.74) is 1.29. The first-order chi connectivity index (χ1) is 11.7. The highest BCUT2D eigenvalue weighted by Crippen LogP contribution is 2.24. The molecule has 24 heavy (non-hydrogen) atoms. The molecule has 0 atom stereocenters. The van der Waals surface area contributed by atoms with Crippen molar-refractivity contribution in [3.63, 3.8) is 0 Å². The Hall–Kier alpha value is -2.79. The Morgan fingerprint density at radius 2 is 2.04 bits per heavy atom. The Morgan fingerprint density at radius 3 is 2.92 bits per heavy atom. The van der Waals surface area contributed by atoms with Crippen molar-refractivity contribution in [1.82, 2.24) is 9.55 Å². The van der Waals surface area contributed by atoms with Crippen LogP contribution in [0, 0.1) is 0 Å². The highest BCUT2D eigenvalue weighted by atomic mass is 35.5. The molecule has 0 aliphatic carbocycles. The molecule has 6 heteroatoms. The number of hydrogen-bond acceptors (Lipinski definition) is 4. The van der Waals surface area contributed by atoms with Gasteiger partial charge in [-0.3, -0.25) is 9.36 Å². The molecule has 4 aromatic rings. The SMILES string of the molecule is O=c1c2oc3ccccc3c2ncn1CCOc1cccc(Cl)c1. The monoisotopic (exact) mass is 340 g/mol. The Morgan fingerprint density at radius 1 is 1.17 bits per heavy atom. The van der Waals surface area contributed by atoms with Gasteiger partial charge in [0.1, 0.15) is 23.5 Å². The number of aromatic nitrogens is 2. The molecule has 0 N–H and O–H groups in total. The van der Waals surface area contributed by atoms with Gasteiger partial charge in [-0.15, -0.1) is 0 Å². The van der Waals surface area contributed by atoms with Crippen molar-refractivity contribution < 1.29 is 9.15 Å². The second-order valence-electron chi connectivity index (χ2n) is 5.32. The second kappa shape index (κ2) is 6.02. The zero-order valence-electron chi connectivity index (χ0n) is 12.6. The molecule has 0 radical (unpaired) electrons. The predicted molar refractivity (Wildman–Crippen MR) is 92.7 cm³/mol. The molecule has 5 nitrogen and oxygen atoms in total. The molecule has 2 heterocycles. The molecular weight excluding hydrogens is 328 g/mol. The summed E-state index contributed by atoms with van der Waals surface area (Å²) in [5.74, 6) is 0.660. The van der Waals surface area contributed by atoms with Crippen LogP contribution >= 0.6 is 11.6 Å². The lowest BCUT2D eigenvalue weighted by Crippen LogP contribution is -2.23. The van der Waals surface area contributed by atoms with Gasteiger partial charge < -0.3 is 9.15 Å². The van der Waals surface area contributed by atoms with Crippen molar-refractivity contribution in [2.45, 2.75) is 6.54 Å². The van der Waals surface area contributed by atoms with Crippen molar-refractivity contribution >= 4 is 33.7 Å². The van der Waals surface area contributed by atoms with Gasteiger partial charge in [-0.25, -0.2) is 4.98 Å². The summed E-state index contributed by atoms with van der Waals surface area (Å²) in [6, 6.07) is 14.6. The van der Waals surface area contributed by atoms with E-state index in [1.165, 1.54) is 10.9 Å². The molecule has 0 unspecified atom stereocenters. The van der Waals surface area contributed by atoms with E-state index in [2.05, 4.69) is 4.98 Å². The lowest BCUT2D eigenvalue weighted by atomic mass is 10.2. The fourth-order valence-corrected chi connectivity index (χ4v) is 2.77. The van der Waals surface area contributed by atoms with Crippen molar-refractivity contribution in [3.8, 4) is 5.75 Å². The van der Waals surface area contributed by atoms with E-state index in [-0.39, 0.29) is 11.1 Å². The predicted octanol–water partition coefficient (Wildman–Crippen LogP) is 3.88. The molecule has 0 saturated heterocycles. The van der Waals surface area contributed by atoms with E-state index in [1.54, 1.807) is 12.1 Å². The van der Waals surface area contributed by atoms with Gasteiger partial charge in [-0.05, 0) is 30.3 Å². The standard InChI is InChI=1S/C18H13ClN2O3/c19-12-4-3-5-13(10-12)23-9-8-21-11-20-16-14-6-1-2-7-15(14)24-17(16)18(21)22/h1-7,10-11H,8-9H2. The zero-order chi connectivity index (χ0) is 16.5. The first kappa shape index (κ1) is 14.8. The number of halogens is 1. The van der Waals surface area contributed by atoms with E-state index in [0.717, 1.165) is 5.39 Å². The van der Waals surface area contributed by atoms with Gasteiger partial charge in [0.05, 0.1) is 12.9 Å². The minimum atomic E-state index is -0.217. The number of ether oxygens (including phenoxy) is 1. The number of nitrogens with zero attached hydrogens (tertiary/aromatic N) is 2. The lowest BCUT2D eigenvalue weighted by Gasteiger charge is -2.08. The van der Waals surface area contributed by atoms with E-state index in [9.17, 15) is 4.79 Å². The largest absolute Gasteiger partial charge is 0.492 e. The highest BCUT2D eigenvalue weighted by Gasteiger charge is 2.12. The Kier molecular flexibility index (Phi) is 3.70. The number of rotatable bonds is 4. The molecular formula is C18H13ClN2O3. The van der Waals surface area contributed by atoms with Gasteiger partial charge in [0.2, 0.25) is 5.58 Å². The highest BCUT2D eigenvalue weighted by molar-refractivity contribution is 6.30. The van der Waals surface area contributed by atoms with Gasteiger partial charge >= 0.3 is 0 Å². The second-order valence-corrected chi connectivity index (χ2v) is 5.76. The van der Waals surface area contributed by atoms with E-state index >= 15 is 0 Å². The van der Waals surface area contributed by atoms with Crippen LogP contribution in [0.1, 0.15) is 0 Å². The third kappa shape index (κ3) is 2.63. The maximum absolute atomic E-state index is 12.5. The van der Waals surface area contributed by atoms with Gasteiger partial charge in [0, 0.05) is 10.4 Å². The van der Waals surface area contributed by atoms with Gasteiger partial charge in [-0.2, -0.15) is 0 Å². The lowest BCUT2D eigenvalue weighted by molar-refractivity contribution is 0.295. The van der Waals surface area contributed by atoms with E-state index in [0.29, 0.717) is 35.0 Å². The fourth-order valence-electron chi connectivity index (χ4n) is 2.59. The topological polar surface area (TPSA) is 57.3 Å². The minimum absolute atomic E-state index is 0.217. The molecule has 120 valence electrons. The van der Waals surface area contributed by atoms with Crippen LogP contribution in [-0.2, 0) is 6.54 Å². The number of benzene rings is 2. The number of para-hydroxylation sites is 1. The van der Waals surface area contributed by atoms with Crippen LogP contribution < -0.4 is 10.3 Å². The average molecular weight is 341 g/mol. The van der Waals surface area contributed by atoms with E-state index in [1.807, 2.05) is 36.4 Å². The van der Waals surface area contributed by atoms with Crippen molar-refractivity contribution in [2.75, 3.05) is 6.61 Å². The Bertz CT molecular complexity index is 1080. The zero-order valence-corrected chi connectivity index (χ0v) is 13.4. The van der Waals surface area contributed by atoms with Crippen LogP contribution in [0.3, 0.4) is 0 Å². The van der Waals surface area contributed by atoms with Crippen molar-refractivity contribution in [2.24, 2.45) is 0 Å². The number of fused-ring (bicyclic) bond motifs is 3. The number of furan rings is 1. The van der Waals surface area contributed by atoms with Crippen LogP contribution in [0.2, 0.25) is 5.02 Å². The summed E-state index contributed by atoms with van der Waals surface area (Å²) in [4.78, 5) is 16.9. The molecule has 0 bridgehead atoms. The minimum Gasteiger partial charge on any atom is -0.492 e. The van der Waals surface area contributed by atoms with Gasteiger partial charge in [0.25, 0.3) is 5.56 Å². The summed E-state index contributed by atoms with van der Waals surface area (Å²) in [6.07, 6.45) is 1.52. The Labute approximate surface area is 142 Å². The first-order valence-electron chi connectivity index (χ1n) is 7.47. The maximum atomic E-state index is 12.5. The van der Waals surface area contributed by atoms with Crippen LogP contribution in [0.25, 0.3) is 22.1 Å². The smallest absolute Gasteiger partial charge is 0.297 e. The van der Waals surface area contributed by atoms with Crippen LogP contribution in [0.4, 0.5) is 0 Å². The van der Waals surface area contributed by atoms with Crippen molar-refractivity contribution in [3.05, 3.63) is 70.2 Å². The molecule has 2 aromatic carbocycles. The third-order valence-electron chi connectivity index (χ3n) is 3.75. The Balaban J connectivity index is 1.59. The summed E-state index contributed by atoms with van der Waals surface area (Å²) in [7, 11) is 0. The summed E-state index contributed by atoms with van der Waals surface area (Å²) in [6.45, 7) is 0.693.